The second-order valence-corrected chi connectivity index (χ2v) is 6.15. The topological polar surface area (TPSA) is 102 Å². The Labute approximate surface area is 140 Å². The Morgan fingerprint density at radius 1 is 1.29 bits per heavy atom. The number of carbonyl (C=O) groups is 1. The number of hydrogen-bond donors (Lipinski definition) is 1. The van der Waals surface area contributed by atoms with Gasteiger partial charge in [-0.2, -0.15) is 0 Å². The predicted octanol–water partition coefficient (Wildman–Crippen LogP) is 0.750. The molecule has 2 aliphatic rings. The SMILES string of the molecule is NC[C@H]1CC[C@@H](C(=O)N2CCN(c3cccc([N+](=O)[O-])c3)CC2)O1. The molecular formula is C16H22N4O4. The lowest BCUT2D eigenvalue weighted by atomic mass is 10.1. The van der Waals surface area contributed by atoms with Gasteiger partial charge < -0.3 is 20.3 Å². The van der Waals surface area contributed by atoms with Crippen molar-refractivity contribution in [3.63, 3.8) is 0 Å². The third-order valence-corrected chi connectivity index (χ3v) is 4.64. The minimum atomic E-state index is -0.394. The van der Waals surface area contributed by atoms with E-state index in [-0.39, 0.29) is 23.8 Å². The molecule has 1 aromatic carbocycles. The predicted molar refractivity (Wildman–Crippen MR) is 88.8 cm³/mol. The number of amides is 1. The molecule has 0 aliphatic carbocycles. The molecule has 3 rings (SSSR count). The van der Waals surface area contributed by atoms with Crippen molar-refractivity contribution >= 4 is 17.3 Å². The normalized spacial score (nSPS) is 24.2. The Morgan fingerprint density at radius 2 is 2.04 bits per heavy atom. The van der Waals surface area contributed by atoms with Crippen LogP contribution in [-0.4, -0.2) is 60.7 Å². The maximum absolute atomic E-state index is 12.5. The highest BCUT2D eigenvalue weighted by atomic mass is 16.6. The number of rotatable bonds is 4. The van der Waals surface area contributed by atoms with Crippen LogP contribution in [0.1, 0.15) is 12.8 Å². The first-order valence-corrected chi connectivity index (χ1v) is 8.22. The molecule has 130 valence electrons. The highest BCUT2D eigenvalue weighted by Gasteiger charge is 2.34. The van der Waals surface area contributed by atoms with Gasteiger partial charge in [-0.3, -0.25) is 14.9 Å². The lowest BCUT2D eigenvalue weighted by molar-refractivity contribution is -0.384. The van der Waals surface area contributed by atoms with E-state index in [2.05, 4.69) is 4.90 Å². The van der Waals surface area contributed by atoms with Crippen molar-refractivity contribution in [2.45, 2.75) is 25.0 Å². The number of benzene rings is 1. The fraction of sp³-hybridized carbons (Fsp3) is 0.562. The Morgan fingerprint density at radius 3 is 2.67 bits per heavy atom. The van der Waals surface area contributed by atoms with Gasteiger partial charge >= 0.3 is 0 Å². The third kappa shape index (κ3) is 3.49. The minimum absolute atomic E-state index is 0.00916. The monoisotopic (exact) mass is 334 g/mol. The summed E-state index contributed by atoms with van der Waals surface area (Å²) >= 11 is 0. The van der Waals surface area contributed by atoms with Crippen LogP contribution in [0, 0.1) is 10.1 Å². The molecule has 2 fully saturated rings. The Balaban J connectivity index is 1.57. The van der Waals surface area contributed by atoms with Crippen LogP contribution < -0.4 is 10.6 Å². The van der Waals surface area contributed by atoms with Crippen LogP contribution in [-0.2, 0) is 9.53 Å². The van der Waals surface area contributed by atoms with E-state index in [9.17, 15) is 14.9 Å². The van der Waals surface area contributed by atoms with Gasteiger partial charge in [0.25, 0.3) is 11.6 Å². The molecule has 0 radical (unpaired) electrons. The van der Waals surface area contributed by atoms with Crippen LogP contribution in [0.3, 0.4) is 0 Å². The van der Waals surface area contributed by atoms with Crippen molar-refractivity contribution < 1.29 is 14.5 Å². The number of non-ortho nitro benzene ring substituents is 1. The number of nitro groups is 1. The van der Waals surface area contributed by atoms with Crippen molar-refractivity contribution in [3.8, 4) is 0 Å². The van der Waals surface area contributed by atoms with Gasteiger partial charge in [-0.15, -0.1) is 0 Å². The summed E-state index contributed by atoms with van der Waals surface area (Å²) < 4.78 is 5.67. The lowest BCUT2D eigenvalue weighted by Crippen LogP contribution is -2.51. The molecule has 0 bridgehead atoms. The zero-order chi connectivity index (χ0) is 17.1. The van der Waals surface area contributed by atoms with Gasteiger partial charge in [-0.1, -0.05) is 6.07 Å². The number of nitro benzene ring substituents is 1. The average Bonchev–Trinajstić information content (AvgIpc) is 3.10. The number of piperazine rings is 1. The van der Waals surface area contributed by atoms with Gasteiger partial charge in [-0.25, -0.2) is 0 Å². The summed E-state index contributed by atoms with van der Waals surface area (Å²) in [6.07, 6.45) is 1.18. The molecule has 2 N–H and O–H groups in total. The van der Waals surface area contributed by atoms with Gasteiger partial charge in [0.2, 0.25) is 0 Å². The zero-order valence-corrected chi connectivity index (χ0v) is 13.5. The van der Waals surface area contributed by atoms with Gasteiger partial charge in [0.15, 0.2) is 0 Å². The maximum Gasteiger partial charge on any atom is 0.271 e. The molecule has 0 unspecified atom stereocenters. The van der Waals surface area contributed by atoms with Gasteiger partial charge in [0.05, 0.1) is 11.0 Å². The van der Waals surface area contributed by atoms with Crippen LogP contribution in [0.2, 0.25) is 0 Å². The summed E-state index contributed by atoms with van der Waals surface area (Å²) in [5.41, 5.74) is 6.48. The first kappa shape index (κ1) is 16.7. The number of hydrogen-bond acceptors (Lipinski definition) is 6. The smallest absolute Gasteiger partial charge is 0.271 e. The van der Waals surface area contributed by atoms with Crippen LogP contribution in [0.15, 0.2) is 24.3 Å². The molecule has 2 saturated heterocycles. The fourth-order valence-electron chi connectivity index (χ4n) is 3.25. The van der Waals surface area contributed by atoms with Crippen LogP contribution in [0.5, 0.6) is 0 Å². The van der Waals surface area contributed by atoms with Crippen molar-refractivity contribution in [1.29, 1.82) is 0 Å². The summed E-state index contributed by atoms with van der Waals surface area (Å²) in [5.74, 6) is 0.0321. The molecule has 8 nitrogen and oxygen atoms in total. The minimum Gasteiger partial charge on any atom is -0.368 e. The molecular weight excluding hydrogens is 312 g/mol. The fourth-order valence-corrected chi connectivity index (χ4v) is 3.25. The molecule has 1 aromatic rings. The van der Waals surface area contributed by atoms with E-state index in [4.69, 9.17) is 10.5 Å². The van der Waals surface area contributed by atoms with E-state index in [1.807, 2.05) is 11.0 Å². The molecule has 24 heavy (non-hydrogen) atoms. The molecule has 0 saturated carbocycles. The van der Waals surface area contributed by atoms with Gasteiger partial charge in [-0.05, 0) is 18.9 Å². The second kappa shape index (κ2) is 7.14. The Kier molecular flexibility index (Phi) is 4.96. The summed E-state index contributed by atoms with van der Waals surface area (Å²) in [6, 6.07) is 6.60. The van der Waals surface area contributed by atoms with E-state index in [1.54, 1.807) is 12.1 Å². The first-order chi connectivity index (χ1) is 11.6. The molecule has 0 spiro atoms. The van der Waals surface area contributed by atoms with E-state index in [0.717, 1.165) is 18.5 Å². The molecule has 2 heterocycles. The number of carbonyl (C=O) groups excluding carboxylic acids is 1. The van der Waals surface area contributed by atoms with Gasteiger partial charge in [0.1, 0.15) is 6.10 Å². The van der Waals surface area contributed by atoms with Crippen LogP contribution in [0.25, 0.3) is 0 Å². The maximum atomic E-state index is 12.5. The van der Waals surface area contributed by atoms with E-state index < -0.39 is 4.92 Å². The van der Waals surface area contributed by atoms with Crippen molar-refractivity contribution in [3.05, 3.63) is 34.4 Å². The van der Waals surface area contributed by atoms with Crippen molar-refractivity contribution in [1.82, 2.24) is 4.90 Å². The van der Waals surface area contributed by atoms with Crippen LogP contribution >= 0.6 is 0 Å². The average molecular weight is 334 g/mol. The quantitative estimate of drug-likeness (QED) is 0.644. The number of nitrogens with two attached hydrogens (primary N) is 1. The van der Waals surface area contributed by atoms with E-state index in [0.29, 0.717) is 32.7 Å². The third-order valence-electron chi connectivity index (χ3n) is 4.64. The van der Waals surface area contributed by atoms with Gasteiger partial charge in [0, 0.05) is 50.5 Å². The Hall–Kier alpha value is -2.19. The van der Waals surface area contributed by atoms with Crippen LogP contribution in [0.4, 0.5) is 11.4 Å². The molecule has 0 aromatic heterocycles. The molecule has 2 aliphatic heterocycles. The highest BCUT2D eigenvalue weighted by Crippen LogP contribution is 2.24. The Bertz CT molecular complexity index is 616. The lowest BCUT2D eigenvalue weighted by Gasteiger charge is -2.37. The molecule has 2 atom stereocenters. The molecule has 1 amide bonds. The first-order valence-electron chi connectivity index (χ1n) is 8.22. The van der Waals surface area contributed by atoms with Crippen molar-refractivity contribution in [2.24, 2.45) is 5.73 Å². The number of nitrogens with zero attached hydrogens (tertiary/aromatic N) is 3. The zero-order valence-electron chi connectivity index (χ0n) is 13.5. The summed E-state index contributed by atoms with van der Waals surface area (Å²) in [7, 11) is 0. The second-order valence-electron chi connectivity index (χ2n) is 6.15. The highest BCUT2D eigenvalue weighted by molar-refractivity contribution is 5.81. The van der Waals surface area contributed by atoms with E-state index >= 15 is 0 Å². The number of ether oxygens (including phenoxy) is 1. The number of anilines is 1. The largest absolute Gasteiger partial charge is 0.368 e. The van der Waals surface area contributed by atoms with Crippen molar-refractivity contribution in [2.75, 3.05) is 37.6 Å². The summed E-state index contributed by atoms with van der Waals surface area (Å²) in [5, 5.41) is 10.9. The molecule has 8 heteroatoms. The summed E-state index contributed by atoms with van der Waals surface area (Å²) in [4.78, 5) is 26.9. The standard InChI is InChI=1S/C16H22N4O4/c17-11-14-4-5-15(24-14)16(21)19-8-6-18(7-9-19)12-2-1-3-13(10-12)20(22)23/h1-3,10,14-15H,4-9,11,17H2/t14-,15+/m1/s1. The summed E-state index contributed by atoms with van der Waals surface area (Å²) in [6.45, 7) is 2.94. The van der Waals surface area contributed by atoms with E-state index in [1.165, 1.54) is 6.07 Å².